The van der Waals surface area contributed by atoms with E-state index in [2.05, 4.69) is 36.5 Å². The van der Waals surface area contributed by atoms with Gasteiger partial charge in [0, 0.05) is 25.0 Å². The summed E-state index contributed by atoms with van der Waals surface area (Å²) in [5.74, 6) is 0.501. The number of aryl methyl sites for hydroxylation is 1. The lowest BCUT2D eigenvalue weighted by Gasteiger charge is -2.16. The number of nitrogens with two attached hydrogens (primary N) is 1. The summed E-state index contributed by atoms with van der Waals surface area (Å²) >= 11 is 0. The van der Waals surface area contributed by atoms with Gasteiger partial charge in [-0.15, -0.1) is 0 Å². The Morgan fingerprint density at radius 2 is 2.08 bits per heavy atom. The van der Waals surface area contributed by atoms with Crippen molar-refractivity contribution >= 4 is 0 Å². The molecule has 0 unspecified atom stereocenters. The van der Waals surface area contributed by atoms with E-state index in [9.17, 15) is 0 Å². The van der Waals surface area contributed by atoms with Crippen molar-refractivity contribution in [3.63, 3.8) is 0 Å². The largest absolute Gasteiger partial charge is 0.326 e. The molecule has 2 heteroatoms. The van der Waals surface area contributed by atoms with Crippen LogP contribution in [-0.4, -0.2) is 19.1 Å². The minimum atomic E-state index is 0.279. The SMILES string of the molecule is Cc1ccccc1[C@@H]1CNC[C@H]1N. The monoisotopic (exact) mass is 176 g/mol. The molecule has 1 aromatic carbocycles. The van der Waals surface area contributed by atoms with Crippen molar-refractivity contribution in [3.05, 3.63) is 35.4 Å². The van der Waals surface area contributed by atoms with E-state index in [-0.39, 0.29) is 6.04 Å². The lowest BCUT2D eigenvalue weighted by atomic mass is 9.91. The zero-order chi connectivity index (χ0) is 9.26. The van der Waals surface area contributed by atoms with Crippen LogP contribution in [0.15, 0.2) is 24.3 Å². The van der Waals surface area contributed by atoms with E-state index in [0.717, 1.165) is 13.1 Å². The van der Waals surface area contributed by atoms with Crippen molar-refractivity contribution in [1.29, 1.82) is 0 Å². The standard InChI is InChI=1S/C11H16N2/c1-8-4-2-3-5-9(8)10-6-13-7-11(10)12/h2-5,10-11,13H,6-7,12H2,1H3/t10-,11+/m0/s1. The van der Waals surface area contributed by atoms with Crippen LogP contribution in [0.1, 0.15) is 17.0 Å². The van der Waals surface area contributed by atoms with Crippen LogP contribution in [0, 0.1) is 6.92 Å². The second-order valence-corrected chi connectivity index (χ2v) is 3.79. The molecule has 1 saturated heterocycles. The molecule has 13 heavy (non-hydrogen) atoms. The van der Waals surface area contributed by atoms with Gasteiger partial charge in [0.25, 0.3) is 0 Å². The van der Waals surface area contributed by atoms with E-state index in [1.165, 1.54) is 11.1 Å². The molecule has 0 amide bonds. The first kappa shape index (κ1) is 8.73. The average Bonchev–Trinajstić information content (AvgIpc) is 2.52. The minimum absolute atomic E-state index is 0.279. The Kier molecular flexibility index (Phi) is 2.34. The van der Waals surface area contributed by atoms with Crippen molar-refractivity contribution in [2.45, 2.75) is 18.9 Å². The van der Waals surface area contributed by atoms with Crippen LogP contribution in [0.25, 0.3) is 0 Å². The smallest absolute Gasteiger partial charge is 0.0247 e. The third-order valence-corrected chi connectivity index (χ3v) is 2.85. The van der Waals surface area contributed by atoms with Crippen LogP contribution < -0.4 is 11.1 Å². The van der Waals surface area contributed by atoms with E-state index >= 15 is 0 Å². The van der Waals surface area contributed by atoms with Crippen LogP contribution in [0.5, 0.6) is 0 Å². The zero-order valence-electron chi connectivity index (χ0n) is 7.96. The highest BCUT2D eigenvalue weighted by Gasteiger charge is 2.25. The number of rotatable bonds is 1. The fraction of sp³-hybridized carbons (Fsp3) is 0.455. The van der Waals surface area contributed by atoms with Gasteiger partial charge in [-0.3, -0.25) is 0 Å². The Bertz CT molecular complexity index is 296. The lowest BCUT2D eigenvalue weighted by molar-refractivity contribution is 0.650. The average molecular weight is 176 g/mol. The van der Waals surface area contributed by atoms with E-state index in [0.29, 0.717) is 5.92 Å². The molecular formula is C11H16N2. The topological polar surface area (TPSA) is 38.0 Å². The molecule has 1 aliphatic heterocycles. The van der Waals surface area contributed by atoms with E-state index in [4.69, 9.17) is 5.73 Å². The molecule has 0 radical (unpaired) electrons. The van der Waals surface area contributed by atoms with E-state index < -0.39 is 0 Å². The molecule has 0 bridgehead atoms. The van der Waals surface area contributed by atoms with Gasteiger partial charge in [0.2, 0.25) is 0 Å². The highest BCUT2D eigenvalue weighted by atomic mass is 15.0. The summed E-state index contributed by atoms with van der Waals surface area (Å²) in [7, 11) is 0. The summed E-state index contributed by atoms with van der Waals surface area (Å²) in [4.78, 5) is 0. The summed E-state index contributed by atoms with van der Waals surface area (Å²) in [5.41, 5.74) is 8.77. The van der Waals surface area contributed by atoms with Crippen molar-refractivity contribution in [3.8, 4) is 0 Å². The molecule has 0 saturated carbocycles. The fourth-order valence-electron chi connectivity index (χ4n) is 2.04. The van der Waals surface area contributed by atoms with Gasteiger partial charge in [-0.25, -0.2) is 0 Å². The highest BCUT2D eigenvalue weighted by Crippen LogP contribution is 2.24. The van der Waals surface area contributed by atoms with Gasteiger partial charge in [-0.2, -0.15) is 0 Å². The highest BCUT2D eigenvalue weighted by molar-refractivity contribution is 5.31. The quantitative estimate of drug-likeness (QED) is 0.670. The van der Waals surface area contributed by atoms with Crippen molar-refractivity contribution < 1.29 is 0 Å². The molecule has 2 atom stereocenters. The molecule has 0 spiro atoms. The summed E-state index contributed by atoms with van der Waals surface area (Å²) in [6.07, 6.45) is 0. The maximum Gasteiger partial charge on any atom is 0.0247 e. The van der Waals surface area contributed by atoms with Crippen molar-refractivity contribution in [1.82, 2.24) is 5.32 Å². The number of benzene rings is 1. The van der Waals surface area contributed by atoms with E-state index in [1.54, 1.807) is 0 Å². The van der Waals surface area contributed by atoms with Gasteiger partial charge in [0.1, 0.15) is 0 Å². The number of hydrogen-bond acceptors (Lipinski definition) is 2. The van der Waals surface area contributed by atoms with Crippen LogP contribution in [-0.2, 0) is 0 Å². The first-order valence-corrected chi connectivity index (χ1v) is 4.81. The summed E-state index contributed by atoms with van der Waals surface area (Å²) in [5, 5.41) is 3.32. The van der Waals surface area contributed by atoms with Gasteiger partial charge >= 0.3 is 0 Å². The Morgan fingerprint density at radius 3 is 2.69 bits per heavy atom. The molecule has 1 heterocycles. The summed E-state index contributed by atoms with van der Waals surface area (Å²) in [6.45, 7) is 4.12. The van der Waals surface area contributed by atoms with Crippen LogP contribution in [0.4, 0.5) is 0 Å². The second-order valence-electron chi connectivity index (χ2n) is 3.79. The van der Waals surface area contributed by atoms with Crippen LogP contribution in [0.3, 0.4) is 0 Å². The molecule has 70 valence electrons. The number of nitrogens with one attached hydrogen (secondary N) is 1. The Labute approximate surface area is 79.1 Å². The minimum Gasteiger partial charge on any atom is -0.326 e. The molecule has 1 aromatic rings. The summed E-state index contributed by atoms with van der Waals surface area (Å²) < 4.78 is 0. The molecular weight excluding hydrogens is 160 g/mol. The Balaban J connectivity index is 2.29. The van der Waals surface area contributed by atoms with Gasteiger partial charge in [-0.1, -0.05) is 24.3 Å². The number of hydrogen-bond donors (Lipinski definition) is 2. The maximum absolute atomic E-state index is 6.02. The van der Waals surface area contributed by atoms with Crippen molar-refractivity contribution in [2.24, 2.45) is 5.73 Å². The first-order valence-electron chi connectivity index (χ1n) is 4.81. The first-order chi connectivity index (χ1) is 6.29. The van der Waals surface area contributed by atoms with E-state index in [1.807, 2.05) is 0 Å². The van der Waals surface area contributed by atoms with Crippen molar-refractivity contribution in [2.75, 3.05) is 13.1 Å². The Hall–Kier alpha value is -0.860. The van der Waals surface area contributed by atoms with Crippen LogP contribution in [0.2, 0.25) is 0 Å². The molecule has 3 N–H and O–H groups in total. The van der Waals surface area contributed by atoms with Gasteiger partial charge in [0.15, 0.2) is 0 Å². The third-order valence-electron chi connectivity index (χ3n) is 2.85. The van der Waals surface area contributed by atoms with Gasteiger partial charge < -0.3 is 11.1 Å². The van der Waals surface area contributed by atoms with Gasteiger partial charge in [-0.05, 0) is 18.1 Å². The predicted molar refractivity (Wildman–Crippen MR) is 54.8 cm³/mol. The molecule has 1 fully saturated rings. The normalized spacial score (nSPS) is 27.8. The lowest BCUT2D eigenvalue weighted by Crippen LogP contribution is -2.27. The third kappa shape index (κ3) is 1.60. The zero-order valence-corrected chi connectivity index (χ0v) is 7.96. The Morgan fingerprint density at radius 1 is 1.31 bits per heavy atom. The van der Waals surface area contributed by atoms with Gasteiger partial charge in [0.05, 0.1) is 0 Å². The maximum atomic E-state index is 6.02. The molecule has 0 aromatic heterocycles. The molecule has 0 aliphatic carbocycles. The fourth-order valence-corrected chi connectivity index (χ4v) is 2.04. The molecule has 2 nitrogen and oxygen atoms in total. The van der Waals surface area contributed by atoms with Crippen LogP contribution >= 0.6 is 0 Å². The molecule has 2 rings (SSSR count). The summed E-state index contributed by atoms with van der Waals surface area (Å²) in [6, 6.07) is 8.79. The second kappa shape index (κ2) is 3.48. The predicted octanol–water partition coefficient (Wildman–Crippen LogP) is 1.01. The molecule has 1 aliphatic rings.